The molecule has 0 aromatic carbocycles. The third-order valence-electron chi connectivity index (χ3n) is 6.76. The summed E-state index contributed by atoms with van der Waals surface area (Å²) in [6.07, 6.45) is 19.1. The predicted molar refractivity (Wildman–Crippen MR) is 143 cm³/mol. The Labute approximate surface area is 224 Å². The van der Waals surface area contributed by atoms with Crippen molar-refractivity contribution in [2.24, 2.45) is 0 Å². The summed E-state index contributed by atoms with van der Waals surface area (Å²) in [5.41, 5.74) is 0.311. The maximum absolute atomic E-state index is 12.2. The van der Waals surface area contributed by atoms with E-state index in [4.69, 9.17) is 9.47 Å². The zero-order valence-electron chi connectivity index (χ0n) is 22.6. The maximum Gasteiger partial charge on any atom is 0.227 e. The lowest BCUT2D eigenvalue weighted by Gasteiger charge is -2.14. The largest absolute Gasteiger partial charge is 0.504 e. The molecule has 2 aliphatic rings. The van der Waals surface area contributed by atoms with Gasteiger partial charge in [-0.15, -0.1) is 0 Å². The first-order chi connectivity index (χ1) is 18.3. The Hall–Kier alpha value is -3.42. The van der Waals surface area contributed by atoms with Gasteiger partial charge in [0.25, 0.3) is 0 Å². The number of aliphatic hydroxyl groups excluding tert-OH is 2. The van der Waals surface area contributed by atoms with Crippen LogP contribution in [0.3, 0.4) is 0 Å². The summed E-state index contributed by atoms with van der Waals surface area (Å²) in [6, 6.07) is 0. The number of hydrogen-bond acceptors (Lipinski definition) is 8. The van der Waals surface area contributed by atoms with Gasteiger partial charge in [-0.1, -0.05) is 50.7 Å². The van der Waals surface area contributed by atoms with E-state index < -0.39 is 34.7 Å². The van der Waals surface area contributed by atoms with Crippen molar-refractivity contribution in [3.63, 3.8) is 0 Å². The Bertz CT molecular complexity index is 956. The first-order valence-corrected chi connectivity index (χ1v) is 13.5. The summed E-state index contributed by atoms with van der Waals surface area (Å²) < 4.78 is 9.85. The first-order valence-electron chi connectivity index (χ1n) is 13.5. The third-order valence-corrected chi connectivity index (χ3v) is 6.76. The molecule has 0 unspecified atom stereocenters. The van der Waals surface area contributed by atoms with Crippen molar-refractivity contribution in [2.45, 2.75) is 89.9 Å². The van der Waals surface area contributed by atoms with Crippen LogP contribution in [-0.4, -0.2) is 47.6 Å². The number of ketones is 4. The van der Waals surface area contributed by atoms with Crippen molar-refractivity contribution in [1.82, 2.24) is 0 Å². The minimum Gasteiger partial charge on any atom is -0.504 e. The molecule has 2 aliphatic carbocycles. The highest BCUT2D eigenvalue weighted by molar-refractivity contribution is 6.21. The number of rotatable bonds is 18. The lowest BCUT2D eigenvalue weighted by Crippen LogP contribution is -2.20. The molecule has 0 fully saturated rings. The summed E-state index contributed by atoms with van der Waals surface area (Å²) in [4.78, 5) is 47.8. The molecule has 0 radical (unpaired) electrons. The summed E-state index contributed by atoms with van der Waals surface area (Å²) in [5.74, 6) is -2.89. The van der Waals surface area contributed by atoms with Crippen molar-refractivity contribution in [3.8, 4) is 0 Å². The van der Waals surface area contributed by atoms with Crippen LogP contribution in [0.4, 0.5) is 0 Å². The SMILES string of the molecule is COC1=CC(=O)C(O)=C(CCCCCCC/C=C\CCCCCCCC2=C(O)C(=O)C=C(OC)C2=O)C1=O. The van der Waals surface area contributed by atoms with E-state index in [0.29, 0.717) is 12.8 Å². The van der Waals surface area contributed by atoms with Gasteiger partial charge in [-0.2, -0.15) is 0 Å². The molecule has 0 saturated carbocycles. The highest BCUT2D eigenvalue weighted by Crippen LogP contribution is 2.24. The second-order valence-electron chi connectivity index (χ2n) is 9.55. The van der Waals surface area contributed by atoms with Gasteiger partial charge in [0.05, 0.1) is 14.2 Å². The van der Waals surface area contributed by atoms with Crippen molar-refractivity contribution in [2.75, 3.05) is 14.2 Å². The fourth-order valence-corrected chi connectivity index (χ4v) is 4.51. The minimum atomic E-state index is -0.576. The van der Waals surface area contributed by atoms with Crippen LogP contribution < -0.4 is 0 Å². The highest BCUT2D eigenvalue weighted by Gasteiger charge is 2.29. The Morgan fingerprint density at radius 2 is 0.921 bits per heavy atom. The Balaban J connectivity index is 1.45. The smallest absolute Gasteiger partial charge is 0.227 e. The molecule has 38 heavy (non-hydrogen) atoms. The van der Waals surface area contributed by atoms with Gasteiger partial charge >= 0.3 is 0 Å². The van der Waals surface area contributed by atoms with E-state index >= 15 is 0 Å². The average Bonchev–Trinajstić information content (AvgIpc) is 2.91. The fraction of sp³-hybridized carbons (Fsp3) is 0.533. The molecule has 8 heteroatoms. The summed E-state index contributed by atoms with van der Waals surface area (Å²) >= 11 is 0. The lowest BCUT2D eigenvalue weighted by molar-refractivity contribution is -0.119. The molecule has 0 amide bonds. The molecule has 0 aromatic heterocycles. The standard InChI is InChI=1S/C30H40O8/c1-37-25-19-23(31)27(33)21(29(25)35)17-15-13-11-9-7-5-3-4-6-8-10-12-14-16-18-22-28(34)24(32)20-26(38-2)30(22)36/h3-4,19-20,33-34H,5-18H2,1-2H3/b4-3-. The molecule has 0 atom stereocenters. The number of carbonyl (C=O) groups excluding carboxylic acids is 4. The molecule has 0 aromatic rings. The quantitative estimate of drug-likeness (QED) is 0.126. The molecule has 2 N–H and O–H groups in total. The van der Waals surface area contributed by atoms with Crippen LogP contribution in [0.2, 0.25) is 0 Å². The Morgan fingerprint density at radius 1 is 0.579 bits per heavy atom. The zero-order chi connectivity index (χ0) is 27.9. The van der Waals surface area contributed by atoms with Crippen LogP contribution in [0.1, 0.15) is 89.9 Å². The van der Waals surface area contributed by atoms with Crippen molar-refractivity contribution < 1.29 is 38.9 Å². The summed E-state index contributed by atoms with van der Waals surface area (Å²) in [5, 5.41) is 19.8. The van der Waals surface area contributed by atoms with Crippen molar-refractivity contribution in [1.29, 1.82) is 0 Å². The second kappa shape index (κ2) is 16.4. The van der Waals surface area contributed by atoms with Crippen LogP contribution in [0.25, 0.3) is 0 Å². The van der Waals surface area contributed by atoms with Crippen molar-refractivity contribution in [3.05, 3.63) is 58.5 Å². The van der Waals surface area contributed by atoms with Gasteiger partial charge in [0.1, 0.15) is 0 Å². The molecule has 8 nitrogen and oxygen atoms in total. The maximum atomic E-state index is 12.2. The minimum absolute atomic E-state index is 0.0149. The monoisotopic (exact) mass is 528 g/mol. The molecule has 0 saturated heterocycles. The van der Waals surface area contributed by atoms with E-state index in [9.17, 15) is 29.4 Å². The second-order valence-corrected chi connectivity index (χ2v) is 9.55. The molecular formula is C30H40O8. The predicted octanol–water partition coefficient (Wildman–Crippen LogP) is 5.99. The van der Waals surface area contributed by atoms with Crippen LogP contribution >= 0.6 is 0 Å². The molecule has 0 bridgehead atoms. The Kier molecular flexibility index (Phi) is 13.3. The number of allylic oxidation sites excluding steroid dienone is 6. The third kappa shape index (κ3) is 9.15. The number of ether oxygens (including phenoxy) is 2. The van der Waals surface area contributed by atoms with E-state index in [-0.39, 0.29) is 22.7 Å². The molecule has 0 aliphatic heterocycles. The topological polar surface area (TPSA) is 127 Å². The van der Waals surface area contributed by atoms with Gasteiger partial charge in [-0.05, 0) is 51.4 Å². The number of aliphatic hydroxyl groups is 2. The zero-order valence-corrected chi connectivity index (χ0v) is 22.6. The molecule has 2 rings (SSSR count). The first kappa shape index (κ1) is 30.8. The lowest BCUT2D eigenvalue weighted by atomic mass is 9.94. The van der Waals surface area contributed by atoms with E-state index in [1.807, 2.05) is 0 Å². The van der Waals surface area contributed by atoms with Crippen LogP contribution in [0, 0.1) is 0 Å². The van der Waals surface area contributed by atoms with Gasteiger partial charge in [-0.25, -0.2) is 0 Å². The summed E-state index contributed by atoms with van der Waals surface area (Å²) in [6.45, 7) is 0. The van der Waals surface area contributed by atoms with E-state index in [1.54, 1.807) is 0 Å². The molecule has 208 valence electrons. The normalized spacial score (nSPS) is 16.5. The van der Waals surface area contributed by atoms with Crippen molar-refractivity contribution >= 4 is 23.1 Å². The number of Topliss-reactive ketones (excluding diaryl/α,β-unsaturated/α-hetero) is 2. The van der Waals surface area contributed by atoms with Gasteiger partial charge < -0.3 is 19.7 Å². The molecule has 0 spiro atoms. The van der Waals surface area contributed by atoms with Gasteiger partial charge in [0, 0.05) is 23.3 Å². The average molecular weight is 529 g/mol. The highest BCUT2D eigenvalue weighted by atomic mass is 16.5. The molecular weight excluding hydrogens is 488 g/mol. The van der Waals surface area contributed by atoms with E-state index in [1.165, 1.54) is 14.2 Å². The number of unbranched alkanes of at least 4 members (excludes halogenated alkanes) is 10. The van der Waals surface area contributed by atoms with Gasteiger partial charge in [-0.3, -0.25) is 19.2 Å². The van der Waals surface area contributed by atoms with Crippen LogP contribution in [-0.2, 0) is 28.7 Å². The van der Waals surface area contributed by atoms with E-state index in [0.717, 1.165) is 89.2 Å². The van der Waals surface area contributed by atoms with Gasteiger partial charge in [0.2, 0.25) is 23.1 Å². The molecule has 0 heterocycles. The Morgan fingerprint density at radius 3 is 1.29 bits per heavy atom. The number of hydrogen-bond donors (Lipinski definition) is 2. The van der Waals surface area contributed by atoms with Gasteiger partial charge in [0.15, 0.2) is 23.0 Å². The fourth-order valence-electron chi connectivity index (χ4n) is 4.51. The van der Waals surface area contributed by atoms with Crippen LogP contribution in [0.15, 0.2) is 58.5 Å². The van der Waals surface area contributed by atoms with E-state index in [2.05, 4.69) is 12.2 Å². The number of carbonyl (C=O) groups is 4. The number of methoxy groups -OCH3 is 2. The summed E-state index contributed by atoms with van der Waals surface area (Å²) in [7, 11) is 2.67. The van der Waals surface area contributed by atoms with Crippen LogP contribution in [0.5, 0.6) is 0 Å².